The Morgan fingerprint density at radius 1 is 1.11 bits per heavy atom. The SMILES string of the molecule is Cc1ccccc1NCC(=O)N1CCCCCCC1. The molecule has 3 nitrogen and oxygen atoms in total. The first-order valence-electron chi connectivity index (χ1n) is 7.34. The number of nitrogens with zero attached hydrogens (tertiary/aromatic N) is 1. The first-order chi connectivity index (χ1) is 9.27. The molecule has 0 unspecified atom stereocenters. The van der Waals surface area contributed by atoms with Crippen LogP contribution in [0.3, 0.4) is 0 Å². The van der Waals surface area contributed by atoms with Crippen LogP contribution >= 0.6 is 0 Å². The molecule has 104 valence electrons. The van der Waals surface area contributed by atoms with E-state index in [2.05, 4.69) is 18.3 Å². The third kappa shape index (κ3) is 4.27. The molecule has 1 saturated heterocycles. The van der Waals surface area contributed by atoms with Crippen molar-refractivity contribution < 1.29 is 4.79 Å². The number of carbonyl (C=O) groups excluding carboxylic acids is 1. The van der Waals surface area contributed by atoms with Crippen molar-refractivity contribution in [2.75, 3.05) is 25.0 Å². The number of likely N-dealkylation sites (tertiary alicyclic amines) is 1. The van der Waals surface area contributed by atoms with Gasteiger partial charge in [-0.15, -0.1) is 0 Å². The van der Waals surface area contributed by atoms with Crippen molar-refractivity contribution in [2.45, 2.75) is 39.0 Å². The van der Waals surface area contributed by atoms with E-state index in [0.717, 1.165) is 31.6 Å². The lowest BCUT2D eigenvalue weighted by Gasteiger charge is -2.25. The lowest BCUT2D eigenvalue weighted by Crippen LogP contribution is -2.37. The number of hydrogen-bond acceptors (Lipinski definition) is 2. The molecular weight excluding hydrogens is 236 g/mol. The standard InChI is InChI=1S/C16H24N2O/c1-14-9-5-6-10-15(14)17-13-16(19)18-11-7-3-2-4-8-12-18/h5-6,9-10,17H,2-4,7-8,11-13H2,1H3. The number of nitrogens with one attached hydrogen (secondary N) is 1. The van der Waals surface area contributed by atoms with Gasteiger partial charge in [-0.25, -0.2) is 0 Å². The van der Waals surface area contributed by atoms with Gasteiger partial charge in [0.2, 0.25) is 5.91 Å². The van der Waals surface area contributed by atoms with Gasteiger partial charge in [0.25, 0.3) is 0 Å². The van der Waals surface area contributed by atoms with Gasteiger partial charge in [-0.1, -0.05) is 37.5 Å². The normalized spacial score (nSPS) is 16.6. The van der Waals surface area contributed by atoms with Crippen molar-refractivity contribution in [3.05, 3.63) is 29.8 Å². The highest BCUT2D eigenvalue weighted by molar-refractivity contribution is 5.81. The molecule has 2 rings (SSSR count). The molecule has 3 heteroatoms. The molecule has 1 amide bonds. The van der Waals surface area contributed by atoms with Crippen LogP contribution in [-0.4, -0.2) is 30.4 Å². The van der Waals surface area contributed by atoms with E-state index in [1.165, 1.54) is 24.8 Å². The van der Waals surface area contributed by atoms with Crippen LogP contribution < -0.4 is 5.32 Å². The van der Waals surface area contributed by atoms with Crippen LogP contribution in [-0.2, 0) is 4.79 Å². The zero-order valence-corrected chi connectivity index (χ0v) is 11.8. The smallest absolute Gasteiger partial charge is 0.241 e. The highest BCUT2D eigenvalue weighted by atomic mass is 16.2. The molecule has 0 aliphatic carbocycles. The molecule has 1 heterocycles. The fourth-order valence-corrected chi connectivity index (χ4v) is 2.55. The Labute approximate surface area is 116 Å². The predicted octanol–water partition coefficient (Wildman–Crippen LogP) is 3.20. The number of para-hydroxylation sites is 1. The Morgan fingerprint density at radius 3 is 2.42 bits per heavy atom. The molecule has 1 aromatic rings. The van der Waals surface area contributed by atoms with Crippen LogP contribution in [0, 0.1) is 6.92 Å². The molecule has 1 fully saturated rings. The average Bonchev–Trinajstić information content (AvgIpc) is 2.37. The van der Waals surface area contributed by atoms with Crippen molar-refractivity contribution in [3.63, 3.8) is 0 Å². The highest BCUT2D eigenvalue weighted by Gasteiger charge is 2.14. The molecule has 19 heavy (non-hydrogen) atoms. The maximum atomic E-state index is 12.2. The Kier molecular flexibility index (Phi) is 5.25. The van der Waals surface area contributed by atoms with E-state index < -0.39 is 0 Å². The minimum atomic E-state index is 0.227. The van der Waals surface area contributed by atoms with Crippen LogP contribution in [0.25, 0.3) is 0 Å². The highest BCUT2D eigenvalue weighted by Crippen LogP contribution is 2.14. The summed E-state index contributed by atoms with van der Waals surface area (Å²) in [7, 11) is 0. The zero-order valence-electron chi connectivity index (χ0n) is 11.8. The van der Waals surface area contributed by atoms with E-state index in [0.29, 0.717) is 6.54 Å². The summed E-state index contributed by atoms with van der Waals surface area (Å²) in [5.74, 6) is 0.227. The Bertz CT molecular complexity index is 409. The minimum absolute atomic E-state index is 0.227. The van der Waals surface area contributed by atoms with Gasteiger partial charge < -0.3 is 10.2 Å². The number of benzene rings is 1. The Balaban J connectivity index is 1.84. The molecule has 1 aromatic carbocycles. The molecule has 0 bridgehead atoms. The van der Waals surface area contributed by atoms with E-state index >= 15 is 0 Å². The van der Waals surface area contributed by atoms with Crippen molar-refractivity contribution >= 4 is 11.6 Å². The quantitative estimate of drug-likeness (QED) is 0.905. The topological polar surface area (TPSA) is 32.3 Å². The monoisotopic (exact) mass is 260 g/mol. The number of rotatable bonds is 3. The number of amides is 1. The fourth-order valence-electron chi connectivity index (χ4n) is 2.55. The van der Waals surface area contributed by atoms with E-state index in [4.69, 9.17) is 0 Å². The Morgan fingerprint density at radius 2 is 1.74 bits per heavy atom. The summed E-state index contributed by atoms with van der Waals surface area (Å²) < 4.78 is 0. The van der Waals surface area contributed by atoms with Crippen LogP contribution in [0.1, 0.15) is 37.7 Å². The van der Waals surface area contributed by atoms with E-state index in [-0.39, 0.29) is 5.91 Å². The molecular formula is C16H24N2O. The predicted molar refractivity (Wildman–Crippen MR) is 79.3 cm³/mol. The van der Waals surface area contributed by atoms with Gasteiger partial charge in [-0.3, -0.25) is 4.79 Å². The van der Waals surface area contributed by atoms with Crippen LogP contribution in [0.4, 0.5) is 5.69 Å². The van der Waals surface area contributed by atoms with Crippen molar-refractivity contribution in [1.29, 1.82) is 0 Å². The van der Waals surface area contributed by atoms with Gasteiger partial charge in [0.1, 0.15) is 0 Å². The van der Waals surface area contributed by atoms with Crippen LogP contribution in [0.5, 0.6) is 0 Å². The Hall–Kier alpha value is -1.51. The van der Waals surface area contributed by atoms with Gasteiger partial charge in [0, 0.05) is 18.8 Å². The molecule has 0 saturated carbocycles. The van der Waals surface area contributed by atoms with Gasteiger partial charge in [-0.2, -0.15) is 0 Å². The summed E-state index contributed by atoms with van der Waals surface area (Å²) in [5.41, 5.74) is 2.24. The van der Waals surface area contributed by atoms with E-state index in [9.17, 15) is 4.79 Å². The summed E-state index contributed by atoms with van der Waals surface area (Å²) in [4.78, 5) is 14.2. The summed E-state index contributed by atoms with van der Waals surface area (Å²) in [6, 6.07) is 8.09. The maximum Gasteiger partial charge on any atom is 0.241 e. The first kappa shape index (κ1) is 13.9. The second-order valence-corrected chi connectivity index (χ2v) is 5.32. The van der Waals surface area contributed by atoms with E-state index in [1.807, 2.05) is 23.1 Å². The number of hydrogen-bond donors (Lipinski definition) is 1. The minimum Gasteiger partial charge on any atom is -0.376 e. The molecule has 1 aliphatic heterocycles. The third-order valence-corrected chi connectivity index (χ3v) is 3.78. The zero-order chi connectivity index (χ0) is 13.5. The molecule has 1 aliphatic rings. The fraction of sp³-hybridized carbons (Fsp3) is 0.562. The number of anilines is 1. The summed E-state index contributed by atoms with van der Waals surface area (Å²) in [6.07, 6.45) is 6.14. The lowest BCUT2D eigenvalue weighted by atomic mass is 10.1. The summed E-state index contributed by atoms with van der Waals surface area (Å²) in [6.45, 7) is 4.32. The first-order valence-corrected chi connectivity index (χ1v) is 7.34. The summed E-state index contributed by atoms with van der Waals surface area (Å²) in [5, 5.41) is 3.25. The molecule has 0 aromatic heterocycles. The number of carbonyl (C=O) groups is 1. The maximum absolute atomic E-state index is 12.2. The van der Waals surface area contributed by atoms with Crippen LogP contribution in [0.15, 0.2) is 24.3 Å². The van der Waals surface area contributed by atoms with Crippen molar-refractivity contribution in [3.8, 4) is 0 Å². The summed E-state index contributed by atoms with van der Waals surface area (Å²) >= 11 is 0. The molecule has 0 spiro atoms. The van der Waals surface area contributed by atoms with Crippen LogP contribution in [0.2, 0.25) is 0 Å². The average molecular weight is 260 g/mol. The van der Waals surface area contributed by atoms with Gasteiger partial charge >= 0.3 is 0 Å². The largest absolute Gasteiger partial charge is 0.376 e. The number of aryl methyl sites for hydroxylation is 1. The second-order valence-electron chi connectivity index (χ2n) is 5.32. The van der Waals surface area contributed by atoms with Gasteiger partial charge in [0.05, 0.1) is 6.54 Å². The molecule has 0 atom stereocenters. The second kappa shape index (κ2) is 7.17. The third-order valence-electron chi connectivity index (χ3n) is 3.78. The molecule has 1 N–H and O–H groups in total. The van der Waals surface area contributed by atoms with Gasteiger partial charge in [-0.05, 0) is 31.4 Å². The van der Waals surface area contributed by atoms with Gasteiger partial charge in [0.15, 0.2) is 0 Å². The van der Waals surface area contributed by atoms with Crippen molar-refractivity contribution in [1.82, 2.24) is 4.90 Å². The molecule has 0 radical (unpaired) electrons. The van der Waals surface area contributed by atoms with Crippen molar-refractivity contribution in [2.24, 2.45) is 0 Å². The van der Waals surface area contributed by atoms with E-state index in [1.54, 1.807) is 0 Å². The lowest BCUT2D eigenvalue weighted by molar-refractivity contribution is -0.129.